The molecule has 0 bridgehead atoms. The summed E-state index contributed by atoms with van der Waals surface area (Å²) in [5, 5.41) is 3.40. The van der Waals surface area contributed by atoms with E-state index in [2.05, 4.69) is 21.9 Å². The number of nitrogens with one attached hydrogen (secondary N) is 1. The lowest BCUT2D eigenvalue weighted by Crippen LogP contribution is -2.46. The van der Waals surface area contributed by atoms with Crippen molar-refractivity contribution in [3.8, 4) is 0 Å². The standard InChI is InChI=1S/C24H22F3N5O/c1-2-15-12-17(23(28)30-13-15)22(33)21-18(24(25,26)27)8-9-20(31-21)32-11-10-29-19(14-32)16-6-4-3-5-7-16/h2-9,12-13,19,29H,1,10-11,14H2,(H2,28,30). The molecule has 170 valence electrons. The Bertz CT molecular complexity index is 1180. The summed E-state index contributed by atoms with van der Waals surface area (Å²) in [5.41, 5.74) is 5.37. The monoisotopic (exact) mass is 453 g/mol. The zero-order chi connectivity index (χ0) is 23.6. The molecular formula is C24H22F3N5O. The summed E-state index contributed by atoms with van der Waals surface area (Å²) in [6.07, 6.45) is -1.94. The maximum atomic E-state index is 13.7. The molecule has 6 nitrogen and oxygen atoms in total. The van der Waals surface area contributed by atoms with Gasteiger partial charge in [0.15, 0.2) is 0 Å². The molecule has 3 N–H and O–H groups in total. The number of nitrogen functional groups attached to an aromatic ring is 1. The van der Waals surface area contributed by atoms with Crippen LogP contribution in [0.15, 0.2) is 61.3 Å². The first-order valence-corrected chi connectivity index (χ1v) is 10.3. The number of nitrogens with two attached hydrogens (primary N) is 1. The largest absolute Gasteiger partial charge is 0.418 e. The molecule has 1 aromatic carbocycles. The fraction of sp³-hybridized carbons (Fsp3) is 0.208. The van der Waals surface area contributed by atoms with Gasteiger partial charge in [0.25, 0.3) is 0 Å². The van der Waals surface area contributed by atoms with Gasteiger partial charge >= 0.3 is 6.18 Å². The van der Waals surface area contributed by atoms with Crippen LogP contribution in [0.5, 0.6) is 0 Å². The number of hydrogen-bond donors (Lipinski definition) is 2. The molecule has 1 saturated heterocycles. The first kappa shape index (κ1) is 22.5. The van der Waals surface area contributed by atoms with E-state index in [1.165, 1.54) is 24.4 Å². The van der Waals surface area contributed by atoms with Crippen molar-refractivity contribution in [1.29, 1.82) is 0 Å². The number of alkyl halides is 3. The van der Waals surface area contributed by atoms with Crippen molar-refractivity contribution in [2.75, 3.05) is 30.3 Å². The van der Waals surface area contributed by atoms with Gasteiger partial charge in [-0.2, -0.15) is 13.2 Å². The van der Waals surface area contributed by atoms with E-state index < -0.39 is 23.2 Å². The highest BCUT2D eigenvalue weighted by Crippen LogP contribution is 2.34. The summed E-state index contributed by atoms with van der Waals surface area (Å²) in [5.74, 6) is -0.815. The Hall–Kier alpha value is -3.72. The minimum absolute atomic E-state index is 0.0210. The van der Waals surface area contributed by atoms with Crippen LogP contribution < -0.4 is 16.0 Å². The maximum absolute atomic E-state index is 13.7. The second kappa shape index (κ2) is 9.03. The molecule has 4 rings (SSSR count). The van der Waals surface area contributed by atoms with Crippen LogP contribution in [0.1, 0.15) is 38.8 Å². The number of ketones is 1. The lowest BCUT2D eigenvalue weighted by Gasteiger charge is -2.35. The fourth-order valence-electron chi connectivity index (χ4n) is 3.81. The van der Waals surface area contributed by atoms with Gasteiger partial charge in [0.2, 0.25) is 5.78 Å². The number of pyridine rings is 2. The normalized spacial score (nSPS) is 16.5. The zero-order valence-corrected chi connectivity index (χ0v) is 17.6. The van der Waals surface area contributed by atoms with Crippen molar-refractivity contribution in [2.45, 2.75) is 12.2 Å². The van der Waals surface area contributed by atoms with Gasteiger partial charge in [0, 0.05) is 31.9 Å². The molecule has 0 saturated carbocycles. The highest BCUT2D eigenvalue weighted by Gasteiger charge is 2.37. The van der Waals surface area contributed by atoms with Crippen LogP contribution in [-0.4, -0.2) is 35.4 Å². The van der Waals surface area contributed by atoms with Gasteiger partial charge in [-0.1, -0.05) is 43.0 Å². The predicted molar refractivity (Wildman–Crippen MR) is 121 cm³/mol. The van der Waals surface area contributed by atoms with E-state index in [1.807, 2.05) is 35.2 Å². The van der Waals surface area contributed by atoms with E-state index in [9.17, 15) is 18.0 Å². The second-order valence-corrected chi connectivity index (χ2v) is 7.66. The molecule has 1 aliphatic heterocycles. The summed E-state index contributed by atoms with van der Waals surface area (Å²) in [4.78, 5) is 23.1. The number of anilines is 2. The summed E-state index contributed by atoms with van der Waals surface area (Å²) in [7, 11) is 0. The van der Waals surface area contributed by atoms with Gasteiger partial charge < -0.3 is 16.0 Å². The van der Waals surface area contributed by atoms with Crippen LogP contribution in [0.2, 0.25) is 0 Å². The molecule has 1 aliphatic rings. The number of piperazine rings is 1. The second-order valence-electron chi connectivity index (χ2n) is 7.66. The molecule has 0 aliphatic carbocycles. The Morgan fingerprint density at radius 1 is 1.21 bits per heavy atom. The van der Waals surface area contributed by atoms with Crippen LogP contribution in [0.3, 0.4) is 0 Å². The Balaban J connectivity index is 1.73. The van der Waals surface area contributed by atoms with E-state index in [-0.39, 0.29) is 17.4 Å². The molecule has 2 aromatic heterocycles. The minimum atomic E-state index is -4.76. The lowest BCUT2D eigenvalue weighted by atomic mass is 10.0. The van der Waals surface area contributed by atoms with Gasteiger partial charge in [-0.3, -0.25) is 4.79 Å². The van der Waals surface area contributed by atoms with Crippen LogP contribution in [0, 0.1) is 0 Å². The number of benzene rings is 1. The molecule has 9 heteroatoms. The zero-order valence-electron chi connectivity index (χ0n) is 17.6. The summed E-state index contributed by atoms with van der Waals surface area (Å²) in [6.45, 7) is 5.24. The van der Waals surface area contributed by atoms with Gasteiger partial charge in [-0.15, -0.1) is 0 Å². The van der Waals surface area contributed by atoms with Gasteiger partial charge in [0.05, 0.1) is 11.1 Å². The van der Waals surface area contributed by atoms with Gasteiger partial charge in [0.1, 0.15) is 17.3 Å². The summed E-state index contributed by atoms with van der Waals surface area (Å²) >= 11 is 0. The number of nitrogens with zero attached hydrogens (tertiary/aromatic N) is 3. The van der Waals surface area contributed by atoms with E-state index >= 15 is 0 Å². The van der Waals surface area contributed by atoms with Gasteiger partial charge in [-0.25, -0.2) is 9.97 Å². The van der Waals surface area contributed by atoms with Crippen molar-refractivity contribution in [3.63, 3.8) is 0 Å². The molecule has 33 heavy (non-hydrogen) atoms. The quantitative estimate of drug-likeness (QED) is 0.566. The van der Waals surface area contributed by atoms with Crippen LogP contribution in [0.4, 0.5) is 24.8 Å². The smallest absolute Gasteiger partial charge is 0.383 e. The van der Waals surface area contributed by atoms with Crippen molar-refractivity contribution < 1.29 is 18.0 Å². The summed E-state index contributed by atoms with van der Waals surface area (Å²) in [6, 6.07) is 13.3. The van der Waals surface area contributed by atoms with Crippen molar-refractivity contribution in [1.82, 2.24) is 15.3 Å². The highest BCUT2D eigenvalue weighted by molar-refractivity contribution is 6.11. The highest BCUT2D eigenvalue weighted by atomic mass is 19.4. The molecule has 0 radical (unpaired) electrons. The van der Waals surface area contributed by atoms with Crippen LogP contribution in [0.25, 0.3) is 6.08 Å². The molecule has 0 amide bonds. The third-order valence-electron chi connectivity index (χ3n) is 5.52. The Kier molecular flexibility index (Phi) is 6.15. The Morgan fingerprint density at radius 3 is 2.67 bits per heavy atom. The number of carbonyl (C=O) groups is 1. The Morgan fingerprint density at radius 2 is 1.97 bits per heavy atom. The molecule has 0 spiro atoms. The van der Waals surface area contributed by atoms with Crippen molar-refractivity contribution in [3.05, 3.63) is 89.3 Å². The van der Waals surface area contributed by atoms with E-state index in [1.54, 1.807) is 0 Å². The van der Waals surface area contributed by atoms with Crippen LogP contribution in [-0.2, 0) is 6.18 Å². The van der Waals surface area contributed by atoms with E-state index in [0.29, 0.717) is 31.0 Å². The lowest BCUT2D eigenvalue weighted by molar-refractivity contribution is -0.138. The predicted octanol–water partition coefficient (Wildman–Crippen LogP) is 4.10. The average molecular weight is 453 g/mol. The van der Waals surface area contributed by atoms with E-state index in [0.717, 1.165) is 11.6 Å². The molecule has 3 aromatic rings. The molecule has 1 unspecified atom stereocenters. The number of halogens is 3. The number of carbonyl (C=O) groups excluding carboxylic acids is 1. The third kappa shape index (κ3) is 4.73. The minimum Gasteiger partial charge on any atom is -0.383 e. The van der Waals surface area contributed by atoms with Crippen LogP contribution >= 0.6 is 0 Å². The third-order valence-corrected chi connectivity index (χ3v) is 5.52. The molecule has 3 heterocycles. The Labute approximate surface area is 189 Å². The first-order chi connectivity index (χ1) is 15.8. The average Bonchev–Trinajstić information content (AvgIpc) is 2.83. The van der Waals surface area contributed by atoms with Crippen molar-refractivity contribution >= 4 is 23.5 Å². The SMILES string of the molecule is C=Cc1cnc(N)c(C(=O)c2nc(N3CCNC(c4ccccc4)C3)ccc2C(F)(F)F)c1. The topological polar surface area (TPSA) is 84.1 Å². The van der Waals surface area contributed by atoms with E-state index in [4.69, 9.17) is 5.73 Å². The fourth-order valence-corrected chi connectivity index (χ4v) is 3.81. The number of aromatic nitrogens is 2. The maximum Gasteiger partial charge on any atom is 0.418 e. The molecule has 1 fully saturated rings. The number of rotatable bonds is 5. The summed E-state index contributed by atoms with van der Waals surface area (Å²) < 4.78 is 41.2. The number of hydrogen-bond acceptors (Lipinski definition) is 6. The molecular weight excluding hydrogens is 431 g/mol. The molecule has 1 atom stereocenters. The van der Waals surface area contributed by atoms with Crippen molar-refractivity contribution in [2.24, 2.45) is 0 Å². The van der Waals surface area contributed by atoms with Gasteiger partial charge in [-0.05, 0) is 29.3 Å². The first-order valence-electron chi connectivity index (χ1n) is 10.3.